The fraction of sp³-hybridized carbons (Fsp3) is 0.667. The molecule has 0 spiro atoms. The first-order chi connectivity index (χ1) is 23.3. The van der Waals surface area contributed by atoms with E-state index in [9.17, 15) is 32.5 Å². The number of aliphatic hydroxyl groups excluding tert-OH is 1. The van der Waals surface area contributed by atoms with Gasteiger partial charge in [-0.25, -0.2) is 4.98 Å². The molecule has 1 aliphatic rings. The number of aromatic amines is 1. The summed E-state index contributed by atoms with van der Waals surface area (Å²) < 4.78 is 33.3. The van der Waals surface area contributed by atoms with Crippen LogP contribution in [0.25, 0.3) is 0 Å². The zero-order chi connectivity index (χ0) is 35.8. The lowest BCUT2D eigenvalue weighted by Crippen LogP contribution is -2.54. The third-order valence-electron chi connectivity index (χ3n) is 9.49. The van der Waals surface area contributed by atoms with Gasteiger partial charge in [0.15, 0.2) is 0 Å². The van der Waals surface area contributed by atoms with Crippen LogP contribution in [0.4, 0.5) is 0 Å². The van der Waals surface area contributed by atoms with E-state index in [2.05, 4.69) is 32.8 Å². The molecule has 274 valence electrons. The normalized spacial score (nSPS) is 17.1. The summed E-state index contributed by atoms with van der Waals surface area (Å²) >= 11 is 0. The first kappa shape index (κ1) is 40.1. The zero-order valence-electron chi connectivity index (χ0n) is 29.3. The monoisotopic (exact) mass is 703 g/mol. The Morgan fingerprint density at radius 2 is 1.73 bits per heavy atom. The Balaban J connectivity index is 1.79. The molecule has 13 heteroatoms. The van der Waals surface area contributed by atoms with Crippen LogP contribution < -0.4 is 16.0 Å². The fourth-order valence-corrected chi connectivity index (χ4v) is 7.61. The van der Waals surface area contributed by atoms with Crippen molar-refractivity contribution in [1.82, 2.24) is 25.9 Å². The van der Waals surface area contributed by atoms with E-state index in [1.54, 1.807) is 6.20 Å². The number of amides is 3. The quantitative estimate of drug-likeness (QED) is 0.0832. The van der Waals surface area contributed by atoms with Crippen LogP contribution in [0.5, 0.6) is 0 Å². The number of rotatable bonds is 21. The lowest BCUT2D eigenvalue weighted by Gasteiger charge is -2.33. The zero-order valence-corrected chi connectivity index (χ0v) is 30.1. The molecule has 6 N–H and O–H groups in total. The summed E-state index contributed by atoms with van der Waals surface area (Å²) in [6, 6.07) is 7.38. The van der Waals surface area contributed by atoms with Gasteiger partial charge < -0.3 is 26.0 Å². The van der Waals surface area contributed by atoms with Crippen molar-refractivity contribution in [3.8, 4) is 0 Å². The van der Waals surface area contributed by atoms with Gasteiger partial charge >= 0.3 is 0 Å². The lowest BCUT2D eigenvalue weighted by molar-refractivity contribution is -0.131. The number of nitrogens with one attached hydrogen (secondary N) is 4. The van der Waals surface area contributed by atoms with E-state index < -0.39 is 57.7 Å². The number of aliphatic hydroxyl groups is 1. The maximum absolute atomic E-state index is 14.0. The number of hydrogen-bond acceptors (Lipinski definition) is 7. The van der Waals surface area contributed by atoms with Gasteiger partial charge in [0, 0.05) is 37.2 Å². The van der Waals surface area contributed by atoms with Crippen molar-refractivity contribution in [1.29, 1.82) is 0 Å². The van der Waals surface area contributed by atoms with Crippen molar-refractivity contribution < 1.29 is 32.5 Å². The molecule has 0 unspecified atom stereocenters. The molecular formula is C36H57N5O7S. The highest BCUT2D eigenvalue weighted by molar-refractivity contribution is 7.85. The van der Waals surface area contributed by atoms with Gasteiger partial charge in [0.2, 0.25) is 17.7 Å². The molecule has 1 aromatic heterocycles. The number of unbranched alkanes of at least 4 members (excludes halogenated alkanes) is 1. The van der Waals surface area contributed by atoms with E-state index in [0.29, 0.717) is 24.6 Å². The molecule has 1 heterocycles. The summed E-state index contributed by atoms with van der Waals surface area (Å²) in [7, 11) is -4.37. The van der Waals surface area contributed by atoms with Gasteiger partial charge in [-0.05, 0) is 49.0 Å². The van der Waals surface area contributed by atoms with Gasteiger partial charge in [0.1, 0.15) is 6.04 Å². The minimum Gasteiger partial charge on any atom is -0.391 e. The van der Waals surface area contributed by atoms with Crippen LogP contribution in [0.3, 0.4) is 0 Å². The van der Waals surface area contributed by atoms with Crippen LogP contribution in [0.2, 0.25) is 0 Å². The highest BCUT2D eigenvalue weighted by atomic mass is 32.2. The number of carbonyl (C=O) groups excluding carboxylic acids is 3. The van der Waals surface area contributed by atoms with E-state index in [0.717, 1.165) is 50.5 Å². The predicted octanol–water partition coefficient (Wildman–Crippen LogP) is 3.97. The van der Waals surface area contributed by atoms with Crippen molar-refractivity contribution in [2.75, 3.05) is 12.3 Å². The Hall–Kier alpha value is -3.29. The first-order valence-electron chi connectivity index (χ1n) is 17.9. The molecule has 3 rings (SSSR count). The second-order valence-corrected chi connectivity index (χ2v) is 15.6. The van der Waals surface area contributed by atoms with Gasteiger partial charge in [0.05, 0.1) is 24.2 Å². The van der Waals surface area contributed by atoms with Crippen LogP contribution in [0.15, 0.2) is 42.9 Å². The third kappa shape index (κ3) is 15.0. The van der Waals surface area contributed by atoms with Gasteiger partial charge in [-0.3, -0.25) is 18.9 Å². The van der Waals surface area contributed by atoms with Crippen molar-refractivity contribution in [3.63, 3.8) is 0 Å². The molecule has 0 bridgehead atoms. The molecule has 5 atom stereocenters. The number of carbonyl (C=O) groups is 3. The molecule has 0 saturated heterocycles. The van der Waals surface area contributed by atoms with Crippen molar-refractivity contribution in [2.45, 2.75) is 116 Å². The van der Waals surface area contributed by atoms with Gasteiger partial charge in [-0.2, -0.15) is 8.42 Å². The number of hydrogen-bond donors (Lipinski definition) is 6. The average molecular weight is 704 g/mol. The minimum atomic E-state index is -4.37. The minimum absolute atomic E-state index is 0.0266. The van der Waals surface area contributed by atoms with Crippen LogP contribution in [0, 0.1) is 23.7 Å². The van der Waals surface area contributed by atoms with Crippen LogP contribution in [0.1, 0.15) is 96.2 Å². The Labute approximate surface area is 291 Å². The van der Waals surface area contributed by atoms with Crippen molar-refractivity contribution in [3.05, 3.63) is 54.1 Å². The van der Waals surface area contributed by atoms with Crippen molar-refractivity contribution >= 4 is 27.8 Å². The Morgan fingerprint density at radius 1 is 1.02 bits per heavy atom. The Bertz CT molecular complexity index is 1380. The SMILES string of the molecule is CCCCNC(=O)[C@@H](C[C@H](O)[C@H](CC1CCCCC1)NC(=O)[C@H](Cc1cnc[nH]1)NC(=O)C[C@H](Cc1ccccc1)CS(=O)(=O)O)C(C)C. The molecule has 0 radical (unpaired) electrons. The molecule has 1 aliphatic carbocycles. The molecule has 2 aromatic rings. The van der Waals surface area contributed by atoms with Crippen LogP contribution >= 0.6 is 0 Å². The van der Waals surface area contributed by atoms with Gasteiger partial charge in [0.25, 0.3) is 10.1 Å². The molecule has 3 amide bonds. The highest BCUT2D eigenvalue weighted by Gasteiger charge is 2.34. The number of nitrogens with zero attached hydrogens (tertiary/aromatic N) is 1. The van der Waals surface area contributed by atoms with E-state index in [1.807, 2.05) is 44.2 Å². The Morgan fingerprint density at radius 3 is 2.35 bits per heavy atom. The summed E-state index contributed by atoms with van der Waals surface area (Å²) in [5.41, 5.74) is 1.42. The topological polar surface area (TPSA) is 191 Å². The average Bonchev–Trinajstić information content (AvgIpc) is 3.56. The maximum Gasteiger partial charge on any atom is 0.265 e. The molecule has 1 aromatic carbocycles. The Kier molecular flexibility index (Phi) is 16.7. The third-order valence-corrected chi connectivity index (χ3v) is 10.4. The van der Waals surface area contributed by atoms with E-state index in [-0.39, 0.29) is 37.5 Å². The van der Waals surface area contributed by atoms with Crippen molar-refractivity contribution in [2.24, 2.45) is 23.7 Å². The van der Waals surface area contributed by atoms with Gasteiger partial charge in [-0.1, -0.05) is 89.6 Å². The van der Waals surface area contributed by atoms with Crippen LogP contribution in [-0.2, 0) is 37.3 Å². The summed E-state index contributed by atoms with van der Waals surface area (Å²) in [6.07, 6.45) is 9.99. The second kappa shape index (κ2) is 20.4. The standard InChI is InChI=1S/C36H57N5O7S/c1-4-5-16-38-35(44)30(25(2)3)21-33(42)31(18-27-14-10-7-11-15-27)41-36(45)32(20-29-22-37-24-39-29)40-34(43)19-28(23-49(46,47)48)17-26-12-8-6-9-13-26/h6,8-9,12-13,22,24-25,27-28,30-33,42H,4-5,7,10-11,14-21,23H2,1-3H3,(H,37,39)(H,38,44)(H,40,43)(H,41,45)(H,46,47,48)/t28-,30-,31-,32-,33-/m0/s1. The molecule has 49 heavy (non-hydrogen) atoms. The van der Waals surface area contributed by atoms with E-state index in [4.69, 9.17) is 0 Å². The number of aromatic nitrogens is 2. The highest BCUT2D eigenvalue weighted by Crippen LogP contribution is 2.30. The first-order valence-corrected chi connectivity index (χ1v) is 19.5. The lowest BCUT2D eigenvalue weighted by atomic mass is 9.81. The fourth-order valence-electron chi connectivity index (χ4n) is 6.78. The largest absolute Gasteiger partial charge is 0.391 e. The maximum atomic E-state index is 14.0. The number of benzene rings is 1. The van der Waals surface area contributed by atoms with E-state index in [1.165, 1.54) is 6.33 Å². The number of imidazole rings is 1. The second-order valence-electron chi connectivity index (χ2n) is 14.1. The van der Waals surface area contributed by atoms with E-state index >= 15 is 0 Å². The van der Waals surface area contributed by atoms with Crippen LogP contribution in [-0.4, -0.2) is 76.3 Å². The summed E-state index contributed by atoms with van der Waals surface area (Å²) in [5, 5.41) is 20.5. The number of H-pyrrole nitrogens is 1. The summed E-state index contributed by atoms with van der Waals surface area (Å²) in [6.45, 7) is 6.53. The molecule has 1 fully saturated rings. The van der Waals surface area contributed by atoms with Gasteiger partial charge in [-0.15, -0.1) is 0 Å². The molecular weight excluding hydrogens is 646 g/mol. The predicted molar refractivity (Wildman–Crippen MR) is 189 cm³/mol. The summed E-state index contributed by atoms with van der Waals surface area (Å²) in [5.74, 6) is -2.64. The summed E-state index contributed by atoms with van der Waals surface area (Å²) in [4.78, 5) is 47.5. The molecule has 1 saturated carbocycles. The smallest absolute Gasteiger partial charge is 0.265 e. The molecule has 0 aliphatic heterocycles. The molecule has 12 nitrogen and oxygen atoms in total.